The highest BCUT2D eigenvalue weighted by atomic mass is 35.5. The molecule has 0 aliphatic rings. The van der Waals surface area contributed by atoms with E-state index in [1.165, 1.54) is 44.4 Å². The number of ether oxygens (including phenoxy) is 1. The first-order valence-corrected chi connectivity index (χ1v) is 7.85. The van der Waals surface area contributed by atoms with Crippen LogP contribution in [0.1, 0.15) is 20.1 Å². The van der Waals surface area contributed by atoms with E-state index < -0.39 is 34.0 Å². The van der Waals surface area contributed by atoms with Crippen LogP contribution in [0.2, 0.25) is 5.02 Å². The van der Waals surface area contributed by atoms with Gasteiger partial charge in [-0.05, 0) is 49.9 Å². The number of aromatic nitrogens is 3. The molecule has 1 atom stereocenters. The largest absolute Gasteiger partial charge is 0.461 e. The number of rotatable bonds is 6. The Labute approximate surface area is 145 Å². The van der Waals surface area contributed by atoms with Gasteiger partial charge in [0.2, 0.25) is 5.78 Å². The summed E-state index contributed by atoms with van der Waals surface area (Å²) in [5.74, 6) is -0.536. The molecular formula is C14H13ClF3N3O2S. The van der Waals surface area contributed by atoms with Crippen molar-refractivity contribution in [2.75, 3.05) is 0 Å². The molecule has 1 unspecified atom stereocenters. The second-order valence-corrected chi connectivity index (χ2v) is 7.35. The van der Waals surface area contributed by atoms with Crippen LogP contribution in [0.3, 0.4) is 0 Å². The SMILES string of the molecule is CC(C)(SC(F)(F)F)C(=O)C(Oc1ccc(Cl)cc1)n1cncn1. The zero-order valence-corrected chi connectivity index (χ0v) is 14.2. The number of hydrogen-bond donors (Lipinski definition) is 0. The molecule has 2 aromatic rings. The summed E-state index contributed by atoms with van der Waals surface area (Å²) < 4.78 is 43.0. The minimum absolute atomic E-state index is 0.265. The van der Waals surface area contributed by atoms with E-state index in [0.717, 1.165) is 11.0 Å². The second-order valence-electron chi connectivity index (χ2n) is 5.22. The molecule has 0 aliphatic heterocycles. The van der Waals surface area contributed by atoms with Gasteiger partial charge in [-0.15, -0.1) is 0 Å². The van der Waals surface area contributed by atoms with E-state index in [2.05, 4.69) is 10.1 Å². The van der Waals surface area contributed by atoms with Crippen molar-refractivity contribution < 1.29 is 22.7 Å². The molecule has 130 valence electrons. The van der Waals surface area contributed by atoms with E-state index in [0.29, 0.717) is 5.02 Å². The number of carbonyl (C=O) groups excluding carboxylic acids is 1. The van der Waals surface area contributed by atoms with Gasteiger partial charge in [0, 0.05) is 5.02 Å². The quantitative estimate of drug-likeness (QED) is 0.756. The smallest absolute Gasteiger partial charge is 0.442 e. The fourth-order valence-corrected chi connectivity index (χ4v) is 2.75. The maximum Gasteiger partial charge on any atom is 0.442 e. The molecular weight excluding hydrogens is 367 g/mol. The first kappa shape index (κ1) is 18.6. The van der Waals surface area contributed by atoms with E-state index in [4.69, 9.17) is 16.3 Å². The Morgan fingerprint density at radius 3 is 2.42 bits per heavy atom. The molecule has 0 aliphatic carbocycles. The molecule has 0 saturated carbocycles. The summed E-state index contributed by atoms with van der Waals surface area (Å²) in [6.45, 7) is 2.37. The van der Waals surface area contributed by atoms with Crippen molar-refractivity contribution in [3.63, 3.8) is 0 Å². The molecule has 10 heteroatoms. The first-order valence-electron chi connectivity index (χ1n) is 6.66. The Hall–Kier alpha value is -1.74. The molecule has 24 heavy (non-hydrogen) atoms. The molecule has 0 radical (unpaired) electrons. The molecule has 0 saturated heterocycles. The lowest BCUT2D eigenvalue weighted by molar-refractivity contribution is -0.132. The summed E-state index contributed by atoms with van der Waals surface area (Å²) in [5, 5.41) is 4.26. The van der Waals surface area contributed by atoms with Crippen molar-refractivity contribution in [3.05, 3.63) is 41.9 Å². The first-order chi connectivity index (χ1) is 11.1. The van der Waals surface area contributed by atoms with Crippen LogP contribution in [-0.2, 0) is 4.79 Å². The monoisotopic (exact) mass is 379 g/mol. The van der Waals surface area contributed by atoms with Crippen LogP contribution in [0.4, 0.5) is 13.2 Å². The van der Waals surface area contributed by atoms with E-state index in [1.54, 1.807) is 0 Å². The number of Topliss-reactive ketones (excluding diaryl/α,β-unsaturated/α-hetero) is 1. The van der Waals surface area contributed by atoms with Crippen LogP contribution in [0.25, 0.3) is 0 Å². The van der Waals surface area contributed by atoms with Crippen molar-refractivity contribution >= 4 is 29.1 Å². The minimum Gasteiger partial charge on any atom is -0.461 e. The molecule has 1 heterocycles. The summed E-state index contributed by atoms with van der Waals surface area (Å²) in [6, 6.07) is 6.08. The molecule has 1 aromatic carbocycles. The van der Waals surface area contributed by atoms with Crippen molar-refractivity contribution in [3.8, 4) is 5.75 Å². The highest BCUT2D eigenvalue weighted by Crippen LogP contribution is 2.42. The van der Waals surface area contributed by atoms with Crippen molar-refractivity contribution in [2.24, 2.45) is 0 Å². The van der Waals surface area contributed by atoms with E-state index in [9.17, 15) is 18.0 Å². The normalized spacial score (nSPS) is 13.6. The van der Waals surface area contributed by atoms with Crippen molar-refractivity contribution in [2.45, 2.75) is 30.3 Å². The number of thioether (sulfide) groups is 1. The third kappa shape index (κ3) is 4.88. The van der Waals surface area contributed by atoms with Gasteiger partial charge in [-0.1, -0.05) is 11.6 Å². The van der Waals surface area contributed by atoms with Crippen LogP contribution >= 0.6 is 23.4 Å². The van der Waals surface area contributed by atoms with Gasteiger partial charge in [-0.3, -0.25) is 4.79 Å². The van der Waals surface area contributed by atoms with Gasteiger partial charge in [-0.25, -0.2) is 9.67 Å². The molecule has 0 fully saturated rings. The third-order valence-electron chi connectivity index (χ3n) is 2.93. The summed E-state index contributed by atoms with van der Waals surface area (Å²) in [4.78, 5) is 16.4. The van der Waals surface area contributed by atoms with Crippen molar-refractivity contribution in [1.82, 2.24) is 14.8 Å². The van der Waals surface area contributed by atoms with Crippen LogP contribution in [0.5, 0.6) is 5.75 Å². The summed E-state index contributed by atoms with van der Waals surface area (Å²) in [6.07, 6.45) is 0.973. The van der Waals surface area contributed by atoms with Gasteiger partial charge in [-0.2, -0.15) is 18.3 Å². The van der Waals surface area contributed by atoms with Gasteiger partial charge in [0.05, 0.1) is 4.75 Å². The summed E-state index contributed by atoms with van der Waals surface area (Å²) in [5.41, 5.74) is -4.56. The van der Waals surface area contributed by atoms with Gasteiger partial charge < -0.3 is 4.74 Å². The summed E-state index contributed by atoms with van der Waals surface area (Å²) in [7, 11) is 0. The average molecular weight is 380 g/mol. The maximum absolute atomic E-state index is 12.7. The van der Waals surface area contributed by atoms with E-state index in [-0.39, 0.29) is 5.75 Å². The summed E-state index contributed by atoms with van der Waals surface area (Å²) >= 11 is 5.37. The van der Waals surface area contributed by atoms with Crippen molar-refractivity contribution in [1.29, 1.82) is 0 Å². The van der Waals surface area contributed by atoms with Gasteiger partial charge >= 0.3 is 5.51 Å². The van der Waals surface area contributed by atoms with Crippen LogP contribution in [-0.4, -0.2) is 30.8 Å². The van der Waals surface area contributed by atoms with Crippen LogP contribution < -0.4 is 4.74 Å². The third-order valence-corrected chi connectivity index (χ3v) is 4.12. The van der Waals surface area contributed by atoms with E-state index in [1.807, 2.05) is 0 Å². The number of alkyl halides is 3. The lowest BCUT2D eigenvalue weighted by Crippen LogP contribution is -2.40. The number of nitrogens with zero attached hydrogens (tertiary/aromatic N) is 3. The topological polar surface area (TPSA) is 57.0 Å². The zero-order chi connectivity index (χ0) is 18.0. The van der Waals surface area contributed by atoms with Gasteiger partial charge in [0.15, 0.2) is 0 Å². The van der Waals surface area contributed by atoms with Gasteiger partial charge in [0.25, 0.3) is 6.23 Å². The Morgan fingerprint density at radius 1 is 1.29 bits per heavy atom. The predicted molar refractivity (Wildman–Crippen MR) is 83.9 cm³/mol. The Kier molecular flexibility index (Phi) is 5.44. The molecule has 0 bridgehead atoms. The Morgan fingerprint density at radius 2 is 1.92 bits per heavy atom. The second kappa shape index (κ2) is 7.02. The number of hydrogen-bond acceptors (Lipinski definition) is 5. The standard InChI is InChI=1S/C14H13ClF3N3O2S/c1-13(2,24-14(16,17)18)11(22)12(21-8-19-7-20-21)23-10-5-3-9(15)4-6-10/h3-8,12H,1-2H3. The van der Waals surface area contributed by atoms with Crippen LogP contribution in [0, 0.1) is 0 Å². The lowest BCUT2D eigenvalue weighted by Gasteiger charge is -2.28. The minimum atomic E-state index is -4.56. The molecule has 1 aromatic heterocycles. The number of halogens is 4. The average Bonchev–Trinajstić information content (AvgIpc) is 2.97. The number of ketones is 1. The molecule has 0 spiro atoms. The highest BCUT2D eigenvalue weighted by Gasteiger charge is 2.46. The van der Waals surface area contributed by atoms with E-state index >= 15 is 0 Å². The van der Waals surface area contributed by atoms with Gasteiger partial charge in [0.1, 0.15) is 18.4 Å². The number of benzene rings is 1. The fraction of sp³-hybridized carbons (Fsp3) is 0.357. The predicted octanol–water partition coefficient (Wildman–Crippen LogP) is 4.11. The Balaban J connectivity index is 2.29. The molecule has 0 amide bonds. The number of carbonyl (C=O) groups is 1. The fourth-order valence-electron chi connectivity index (χ4n) is 1.85. The molecule has 2 rings (SSSR count). The zero-order valence-electron chi connectivity index (χ0n) is 12.6. The molecule has 5 nitrogen and oxygen atoms in total. The molecule has 0 N–H and O–H groups in total. The maximum atomic E-state index is 12.7. The Bertz CT molecular complexity index is 690. The lowest BCUT2D eigenvalue weighted by atomic mass is 10.1. The van der Waals surface area contributed by atoms with Crippen LogP contribution in [0.15, 0.2) is 36.9 Å². The highest BCUT2D eigenvalue weighted by molar-refractivity contribution is 8.02.